The highest BCUT2D eigenvalue weighted by Crippen LogP contribution is 2.16. The standard InChI is InChI=1S/C18H19N3O/c1-12-6-4-5-7-15(12)10-18(22)20-16-8-9-17-19-13(2)14(3)21(17)11-16/h4-9,11H,10H2,1-3H3,(H,20,22). The largest absolute Gasteiger partial charge is 0.324 e. The molecule has 0 spiro atoms. The number of imidazole rings is 1. The summed E-state index contributed by atoms with van der Waals surface area (Å²) < 4.78 is 2.00. The van der Waals surface area contributed by atoms with Gasteiger partial charge >= 0.3 is 0 Å². The van der Waals surface area contributed by atoms with Crippen molar-refractivity contribution < 1.29 is 4.79 Å². The van der Waals surface area contributed by atoms with Gasteiger partial charge in [-0.15, -0.1) is 0 Å². The zero-order valence-corrected chi connectivity index (χ0v) is 13.1. The third kappa shape index (κ3) is 2.72. The molecule has 112 valence electrons. The summed E-state index contributed by atoms with van der Waals surface area (Å²) in [6.07, 6.45) is 2.30. The molecule has 4 nitrogen and oxygen atoms in total. The molecule has 1 amide bonds. The average Bonchev–Trinajstić information content (AvgIpc) is 2.77. The molecule has 0 bridgehead atoms. The minimum atomic E-state index is -0.0110. The Morgan fingerprint density at radius 2 is 1.91 bits per heavy atom. The summed E-state index contributed by atoms with van der Waals surface area (Å²) in [5, 5.41) is 2.96. The maximum Gasteiger partial charge on any atom is 0.228 e. The van der Waals surface area contributed by atoms with Crippen molar-refractivity contribution in [3.05, 3.63) is 65.1 Å². The molecular weight excluding hydrogens is 274 g/mol. The molecule has 0 aliphatic rings. The van der Waals surface area contributed by atoms with Gasteiger partial charge in [-0.05, 0) is 44.0 Å². The summed E-state index contributed by atoms with van der Waals surface area (Å²) >= 11 is 0. The van der Waals surface area contributed by atoms with E-state index in [1.54, 1.807) is 0 Å². The molecule has 22 heavy (non-hydrogen) atoms. The molecule has 0 fully saturated rings. The number of amides is 1. The van der Waals surface area contributed by atoms with E-state index < -0.39 is 0 Å². The molecule has 0 aliphatic carbocycles. The zero-order valence-electron chi connectivity index (χ0n) is 13.1. The van der Waals surface area contributed by atoms with Gasteiger partial charge in [0.1, 0.15) is 5.65 Å². The van der Waals surface area contributed by atoms with E-state index in [-0.39, 0.29) is 5.91 Å². The number of aryl methyl sites for hydroxylation is 3. The second-order valence-corrected chi connectivity index (χ2v) is 5.58. The van der Waals surface area contributed by atoms with Crippen molar-refractivity contribution in [1.29, 1.82) is 0 Å². The second kappa shape index (κ2) is 5.64. The predicted octanol–water partition coefficient (Wildman–Crippen LogP) is 3.44. The first kappa shape index (κ1) is 14.3. The van der Waals surface area contributed by atoms with Crippen LogP contribution in [0.5, 0.6) is 0 Å². The molecule has 3 rings (SSSR count). The van der Waals surface area contributed by atoms with Crippen LogP contribution in [0.15, 0.2) is 42.6 Å². The van der Waals surface area contributed by atoms with Gasteiger partial charge in [0.05, 0.1) is 17.8 Å². The van der Waals surface area contributed by atoms with Crippen molar-refractivity contribution in [2.75, 3.05) is 5.32 Å². The Morgan fingerprint density at radius 3 is 2.68 bits per heavy atom. The molecule has 0 saturated heterocycles. The van der Waals surface area contributed by atoms with Gasteiger partial charge < -0.3 is 9.72 Å². The fourth-order valence-electron chi connectivity index (χ4n) is 2.54. The average molecular weight is 293 g/mol. The predicted molar refractivity (Wildman–Crippen MR) is 88.2 cm³/mol. The number of hydrogen-bond acceptors (Lipinski definition) is 2. The number of fused-ring (bicyclic) bond motifs is 1. The van der Waals surface area contributed by atoms with Gasteiger partial charge in [-0.2, -0.15) is 0 Å². The number of anilines is 1. The van der Waals surface area contributed by atoms with E-state index in [9.17, 15) is 4.79 Å². The van der Waals surface area contributed by atoms with Crippen molar-refractivity contribution in [3.63, 3.8) is 0 Å². The monoisotopic (exact) mass is 293 g/mol. The molecule has 0 radical (unpaired) electrons. The van der Waals surface area contributed by atoms with Crippen molar-refractivity contribution in [3.8, 4) is 0 Å². The fourth-order valence-corrected chi connectivity index (χ4v) is 2.54. The van der Waals surface area contributed by atoms with Crippen LogP contribution in [0.3, 0.4) is 0 Å². The molecule has 0 saturated carbocycles. The summed E-state index contributed by atoms with van der Waals surface area (Å²) in [7, 11) is 0. The molecule has 4 heteroatoms. The van der Waals surface area contributed by atoms with Gasteiger partial charge in [-0.1, -0.05) is 24.3 Å². The van der Waals surface area contributed by atoms with Crippen LogP contribution in [-0.4, -0.2) is 15.3 Å². The van der Waals surface area contributed by atoms with E-state index in [1.807, 2.05) is 67.8 Å². The minimum absolute atomic E-state index is 0.0110. The van der Waals surface area contributed by atoms with Gasteiger partial charge in [0, 0.05) is 11.9 Å². The van der Waals surface area contributed by atoms with Crippen molar-refractivity contribution >= 4 is 17.2 Å². The van der Waals surface area contributed by atoms with E-state index in [0.29, 0.717) is 6.42 Å². The highest BCUT2D eigenvalue weighted by Gasteiger charge is 2.08. The van der Waals surface area contributed by atoms with Crippen molar-refractivity contribution in [2.45, 2.75) is 27.2 Å². The first-order chi connectivity index (χ1) is 10.5. The number of hydrogen-bond donors (Lipinski definition) is 1. The van der Waals surface area contributed by atoms with E-state index >= 15 is 0 Å². The number of aromatic nitrogens is 2. The van der Waals surface area contributed by atoms with Gasteiger partial charge in [0.2, 0.25) is 5.91 Å². The Labute approximate surface area is 129 Å². The number of nitrogens with one attached hydrogen (secondary N) is 1. The van der Waals surface area contributed by atoms with E-state index in [1.165, 1.54) is 0 Å². The number of carbonyl (C=O) groups excluding carboxylic acids is 1. The molecule has 1 N–H and O–H groups in total. The second-order valence-electron chi connectivity index (χ2n) is 5.58. The fraction of sp³-hybridized carbons (Fsp3) is 0.222. The molecular formula is C18H19N3O. The first-order valence-electron chi connectivity index (χ1n) is 7.34. The third-order valence-corrected chi connectivity index (χ3v) is 3.99. The molecule has 2 heterocycles. The SMILES string of the molecule is Cc1ccccc1CC(=O)Nc1ccc2nc(C)c(C)n2c1. The maximum atomic E-state index is 12.2. The normalized spacial score (nSPS) is 10.9. The lowest BCUT2D eigenvalue weighted by molar-refractivity contribution is -0.115. The summed E-state index contributed by atoms with van der Waals surface area (Å²) in [6, 6.07) is 11.8. The Balaban J connectivity index is 1.79. The molecule has 3 aromatic rings. The minimum Gasteiger partial charge on any atom is -0.324 e. The van der Waals surface area contributed by atoms with E-state index in [4.69, 9.17) is 0 Å². The van der Waals surface area contributed by atoms with E-state index in [0.717, 1.165) is 33.8 Å². The van der Waals surface area contributed by atoms with Gasteiger partial charge in [-0.3, -0.25) is 4.79 Å². The lowest BCUT2D eigenvalue weighted by atomic mass is 10.1. The topological polar surface area (TPSA) is 46.4 Å². The Bertz CT molecular complexity index is 849. The third-order valence-electron chi connectivity index (χ3n) is 3.99. The van der Waals surface area contributed by atoms with Crippen LogP contribution in [0.1, 0.15) is 22.5 Å². The molecule has 1 aromatic carbocycles. The van der Waals surface area contributed by atoms with E-state index in [2.05, 4.69) is 10.3 Å². The summed E-state index contributed by atoms with van der Waals surface area (Å²) in [5.41, 5.74) is 5.96. The Kier molecular flexibility index (Phi) is 3.67. The summed E-state index contributed by atoms with van der Waals surface area (Å²) in [4.78, 5) is 16.7. The van der Waals surface area contributed by atoms with Gasteiger partial charge in [0.25, 0.3) is 0 Å². The molecule has 2 aromatic heterocycles. The summed E-state index contributed by atoms with van der Waals surface area (Å²) in [5.74, 6) is -0.0110. The van der Waals surface area contributed by atoms with Gasteiger partial charge in [0.15, 0.2) is 0 Å². The number of pyridine rings is 1. The van der Waals surface area contributed by atoms with Crippen LogP contribution < -0.4 is 5.32 Å². The lowest BCUT2D eigenvalue weighted by Gasteiger charge is -2.08. The van der Waals surface area contributed by atoms with Crippen LogP contribution in [0.2, 0.25) is 0 Å². The van der Waals surface area contributed by atoms with Crippen molar-refractivity contribution in [1.82, 2.24) is 9.38 Å². The molecule has 0 atom stereocenters. The Hall–Kier alpha value is -2.62. The van der Waals surface area contributed by atoms with Crippen LogP contribution in [0.4, 0.5) is 5.69 Å². The molecule has 0 aliphatic heterocycles. The van der Waals surface area contributed by atoms with Crippen LogP contribution in [0, 0.1) is 20.8 Å². The molecule has 0 unspecified atom stereocenters. The first-order valence-corrected chi connectivity index (χ1v) is 7.34. The smallest absolute Gasteiger partial charge is 0.228 e. The number of nitrogens with zero attached hydrogens (tertiary/aromatic N) is 2. The lowest BCUT2D eigenvalue weighted by Crippen LogP contribution is -2.15. The number of carbonyl (C=O) groups is 1. The van der Waals surface area contributed by atoms with Crippen LogP contribution >= 0.6 is 0 Å². The van der Waals surface area contributed by atoms with Crippen molar-refractivity contribution in [2.24, 2.45) is 0 Å². The summed E-state index contributed by atoms with van der Waals surface area (Å²) in [6.45, 7) is 6.03. The number of rotatable bonds is 3. The maximum absolute atomic E-state index is 12.2. The van der Waals surface area contributed by atoms with Crippen LogP contribution in [-0.2, 0) is 11.2 Å². The number of benzene rings is 1. The zero-order chi connectivity index (χ0) is 15.7. The quantitative estimate of drug-likeness (QED) is 0.804. The highest BCUT2D eigenvalue weighted by atomic mass is 16.1. The highest BCUT2D eigenvalue weighted by molar-refractivity contribution is 5.92. The van der Waals surface area contributed by atoms with Gasteiger partial charge in [-0.25, -0.2) is 4.98 Å². The Morgan fingerprint density at radius 1 is 1.14 bits per heavy atom. The van der Waals surface area contributed by atoms with Crippen LogP contribution in [0.25, 0.3) is 5.65 Å².